The number of thiol groups is 1. The van der Waals surface area contributed by atoms with Crippen molar-refractivity contribution in [2.45, 2.75) is 173 Å². The molecule has 0 aromatic heterocycles. The summed E-state index contributed by atoms with van der Waals surface area (Å²) in [6.45, 7) is 5.66. The predicted octanol–water partition coefficient (Wildman–Crippen LogP) is 9.85. The zero-order valence-corrected chi connectivity index (χ0v) is 33.9. The number of amides is 1. The highest BCUT2D eigenvalue weighted by Crippen LogP contribution is 2.23. The number of carbonyl (C=O) groups is 2. The Balaban J connectivity index is 2.16. The molecule has 0 spiro atoms. The van der Waals surface area contributed by atoms with Gasteiger partial charge in [0.25, 0.3) is 0 Å². The van der Waals surface area contributed by atoms with Crippen molar-refractivity contribution in [1.82, 2.24) is 5.32 Å². The van der Waals surface area contributed by atoms with Crippen LogP contribution in [0.5, 0.6) is 0 Å². The number of hydrogen-bond donors (Lipinski definition) is 2. The van der Waals surface area contributed by atoms with Crippen LogP contribution in [-0.4, -0.2) is 90.1 Å². The van der Waals surface area contributed by atoms with Gasteiger partial charge in [0.1, 0.15) is 5.78 Å². The summed E-state index contributed by atoms with van der Waals surface area (Å²) in [4.78, 5) is 25.7. The first-order valence-corrected chi connectivity index (χ1v) is 22.2. The van der Waals surface area contributed by atoms with E-state index in [0.717, 1.165) is 25.7 Å². The van der Waals surface area contributed by atoms with Crippen LogP contribution in [0.25, 0.3) is 0 Å². The van der Waals surface area contributed by atoms with Gasteiger partial charge in [0.05, 0.1) is 66.1 Å². The average Bonchev–Trinajstić information content (AvgIpc) is 3.13. The standard InChI is InChI=1S/C42H81NO7S/c44-41(26-27-42(45)43-28-29-46-30-31-47-32-33-48-34-35-49-36-37-50-38-39-51)40-24-22-20-18-16-14-12-10-8-6-4-2-1-3-5-7-9-11-13-15-17-19-21-23-25-40/h40,51H,1-39H2,(H,43,45). The first-order valence-electron chi connectivity index (χ1n) is 21.5. The first-order chi connectivity index (χ1) is 25.2. The minimum atomic E-state index is -0.0644. The van der Waals surface area contributed by atoms with Crippen molar-refractivity contribution in [1.29, 1.82) is 0 Å². The van der Waals surface area contributed by atoms with Crippen LogP contribution in [0.3, 0.4) is 0 Å². The van der Waals surface area contributed by atoms with Crippen molar-refractivity contribution in [3.8, 4) is 0 Å². The number of ether oxygens (including phenoxy) is 5. The minimum absolute atomic E-state index is 0.0644. The van der Waals surface area contributed by atoms with E-state index in [2.05, 4.69) is 17.9 Å². The Labute approximate surface area is 319 Å². The number of ketones is 1. The summed E-state index contributed by atoms with van der Waals surface area (Å²) in [5.74, 6) is 1.06. The molecule has 1 N–H and O–H groups in total. The summed E-state index contributed by atoms with van der Waals surface area (Å²) in [7, 11) is 0. The molecule has 302 valence electrons. The fourth-order valence-corrected chi connectivity index (χ4v) is 6.93. The molecule has 0 aromatic carbocycles. The second-order valence-electron chi connectivity index (χ2n) is 14.5. The molecule has 8 nitrogen and oxygen atoms in total. The van der Waals surface area contributed by atoms with E-state index in [1.807, 2.05) is 0 Å². The van der Waals surface area contributed by atoms with Crippen molar-refractivity contribution < 1.29 is 33.3 Å². The lowest BCUT2D eigenvalue weighted by atomic mass is 9.88. The van der Waals surface area contributed by atoms with Crippen LogP contribution in [0.15, 0.2) is 0 Å². The van der Waals surface area contributed by atoms with Crippen LogP contribution >= 0.6 is 12.6 Å². The average molecular weight is 744 g/mol. The van der Waals surface area contributed by atoms with Gasteiger partial charge in [0.15, 0.2) is 0 Å². The minimum Gasteiger partial charge on any atom is -0.378 e. The number of Topliss-reactive ketones (excluding diaryl/α,β-unsaturated/α-hetero) is 1. The second kappa shape index (κ2) is 40.5. The Morgan fingerprint density at radius 3 is 1.04 bits per heavy atom. The van der Waals surface area contributed by atoms with Crippen LogP contribution in [0.2, 0.25) is 0 Å². The molecule has 0 unspecified atom stereocenters. The van der Waals surface area contributed by atoms with Crippen LogP contribution in [0.1, 0.15) is 173 Å². The zero-order valence-electron chi connectivity index (χ0n) is 33.0. The van der Waals surface area contributed by atoms with Crippen LogP contribution in [-0.2, 0) is 33.3 Å². The molecule has 0 aromatic rings. The van der Waals surface area contributed by atoms with Crippen LogP contribution < -0.4 is 5.32 Å². The molecule has 51 heavy (non-hydrogen) atoms. The Morgan fingerprint density at radius 1 is 0.412 bits per heavy atom. The molecule has 0 atom stereocenters. The molecule has 0 aliphatic heterocycles. The third-order valence-corrected chi connectivity index (χ3v) is 10.1. The van der Waals surface area contributed by atoms with Gasteiger partial charge in [-0.2, -0.15) is 12.6 Å². The van der Waals surface area contributed by atoms with E-state index in [-0.39, 0.29) is 24.0 Å². The van der Waals surface area contributed by atoms with Gasteiger partial charge in [-0.3, -0.25) is 9.59 Å². The van der Waals surface area contributed by atoms with Crippen molar-refractivity contribution in [2.75, 3.05) is 78.4 Å². The number of rotatable bonds is 21. The van der Waals surface area contributed by atoms with E-state index in [1.165, 1.54) is 135 Å². The molecular formula is C42H81NO7S. The lowest BCUT2D eigenvalue weighted by molar-refractivity contribution is -0.127. The normalized spacial score (nSPS) is 18.3. The van der Waals surface area contributed by atoms with Crippen molar-refractivity contribution in [3.05, 3.63) is 0 Å². The van der Waals surface area contributed by atoms with Crippen molar-refractivity contribution >= 4 is 24.3 Å². The van der Waals surface area contributed by atoms with E-state index in [9.17, 15) is 9.59 Å². The largest absolute Gasteiger partial charge is 0.378 e. The molecule has 1 amide bonds. The Kier molecular flexibility index (Phi) is 38.3. The topological polar surface area (TPSA) is 92.3 Å². The Bertz CT molecular complexity index is 718. The maximum atomic E-state index is 13.2. The van der Waals surface area contributed by atoms with Crippen molar-refractivity contribution in [3.63, 3.8) is 0 Å². The monoisotopic (exact) mass is 744 g/mol. The Morgan fingerprint density at radius 2 is 0.706 bits per heavy atom. The summed E-state index contributed by atoms with van der Waals surface area (Å²) in [5.41, 5.74) is 0. The number of hydrogen-bond acceptors (Lipinski definition) is 8. The molecule has 0 bridgehead atoms. The van der Waals surface area contributed by atoms with Crippen molar-refractivity contribution in [2.24, 2.45) is 5.92 Å². The smallest absolute Gasteiger partial charge is 0.220 e. The van der Waals surface area contributed by atoms with Crippen LogP contribution in [0.4, 0.5) is 0 Å². The molecule has 1 aliphatic rings. The highest BCUT2D eigenvalue weighted by atomic mass is 32.1. The fourth-order valence-electron chi connectivity index (χ4n) is 6.80. The van der Waals surface area contributed by atoms with Gasteiger partial charge in [-0.1, -0.05) is 148 Å². The first kappa shape index (κ1) is 48.3. The highest BCUT2D eigenvalue weighted by molar-refractivity contribution is 7.80. The molecule has 1 saturated carbocycles. The molecule has 0 radical (unpaired) electrons. The SMILES string of the molecule is O=C(CCC(=O)C1CCCCCCCCCCCCCCCCCCCCCCCCC1)NCCOCCOCCOCCOCCOCCS. The van der Waals surface area contributed by atoms with Gasteiger partial charge in [-0.25, -0.2) is 0 Å². The van der Waals surface area contributed by atoms with Gasteiger partial charge in [0, 0.05) is 31.1 Å². The zero-order chi connectivity index (χ0) is 36.6. The van der Waals surface area contributed by atoms with Crippen LogP contribution in [0, 0.1) is 5.92 Å². The highest BCUT2D eigenvalue weighted by Gasteiger charge is 2.19. The summed E-state index contributed by atoms with van der Waals surface area (Å²) < 4.78 is 27.3. The number of carbonyl (C=O) groups excluding carboxylic acids is 2. The summed E-state index contributed by atoms with van der Waals surface area (Å²) in [6, 6.07) is 0. The molecule has 1 fully saturated rings. The molecule has 9 heteroatoms. The van der Waals surface area contributed by atoms with E-state index >= 15 is 0 Å². The molecular weight excluding hydrogens is 663 g/mol. The molecule has 1 aliphatic carbocycles. The predicted molar refractivity (Wildman–Crippen MR) is 214 cm³/mol. The quantitative estimate of drug-likeness (QED) is 0.0894. The van der Waals surface area contributed by atoms with Gasteiger partial charge in [0.2, 0.25) is 5.91 Å². The van der Waals surface area contributed by atoms with E-state index in [4.69, 9.17) is 23.7 Å². The Hall–Kier alpha value is -0.710. The third-order valence-electron chi connectivity index (χ3n) is 9.95. The van der Waals surface area contributed by atoms with E-state index in [1.54, 1.807) is 0 Å². The summed E-state index contributed by atoms with van der Waals surface area (Å²) >= 11 is 4.09. The van der Waals surface area contributed by atoms with Gasteiger partial charge in [-0.15, -0.1) is 0 Å². The summed E-state index contributed by atoms with van der Waals surface area (Å²) in [5, 5.41) is 2.91. The maximum absolute atomic E-state index is 13.2. The van der Waals surface area contributed by atoms with Gasteiger partial charge >= 0.3 is 0 Å². The van der Waals surface area contributed by atoms with E-state index < -0.39 is 0 Å². The molecule has 0 saturated heterocycles. The van der Waals surface area contributed by atoms with Gasteiger partial charge in [-0.05, 0) is 12.8 Å². The fraction of sp³-hybridized carbons (Fsp3) is 0.952. The molecule has 1 rings (SSSR count). The third kappa shape index (κ3) is 36.1. The lowest BCUT2D eigenvalue weighted by Gasteiger charge is -2.16. The summed E-state index contributed by atoms with van der Waals surface area (Å²) in [6.07, 6.45) is 33.7. The lowest BCUT2D eigenvalue weighted by Crippen LogP contribution is -2.28. The second-order valence-corrected chi connectivity index (χ2v) is 15.0. The number of nitrogens with one attached hydrogen (secondary N) is 1. The van der Waals surface area contributed by atoms with E-state index in [0.29, 0.717) is 84.8 Å². The maximum Gasteiger partial charge on any atom is 0.220 e. The van der Waals surface area contributed by atoms with Gasteiger partial charge < -0.3 is 29.0 Å². The molecule has 0 heterocycles.